The molecule has 0 bridgehead atoms. The first-order chi connectivity index (χ1) is 8.58. The van der Waals surface area contributed by atoms with Crippen molar-refractivity contribution >= 4 is 17.9 Å². The molecule has 0 spiro atoms. The predicted molar refractivity (Wildman–Crippen MR) is 61.9 cm³/mol. The van der Waals surface area contributed by atoms with Crippen LogP contribution in [0.3, 0.4) is 0 Å². The van der Waals surface area contributed by atoms with Crippen molar-refractivity contribution in [3.8, 4) is 0 Å². The summed E-state index contributed by atoms with van der Waals surface area (Å²) in [5.41, 5.74) is 0. The quantitative estimate of drug-likeness (QED) is 0.650. The van der Waals surface area contributed by atoms with Gasteiger partial charge in [-0.1, -0.05) is 0 Å². The van der Waals surface area contributed by atoms with Gasteiger partial charge in [-0.15, -0.1) is 0 Å². The number of hydrogen-bond donors (Lipinski definition) is 2. The Bertz CT molecular complexity index is 371. The van der Waals surface area contributed by atoms with Crippen LogP contribution >= 0.6 is 0 Å². The Morgan fingerprint density at radius 1 is 1.28 bits per heavy atom. The van der Waals surface area contributed by atoms with Crippen LogP contribution in [0.4, 0.5) is 4.79 Å². The van der Waals surface area contributed by atoms with Gasteiger partial charge in [0.15, 0.2) is 0 Å². The summed E-state index contributed by atoms with van der Waals surface area (Å²) in [6, 6.07) is -0.226. The SMILES string of the molecule is O=C1CN(C(=O)N2CCC[C@@H](C(=O)O)C2)CCN1. The molecule has 0 aliphatic carbocycles. The maximum atomic E-state index is 12.1. The monoisotopic (exact) mass is 255 g/mol. The average molecular weight is 255 g/mol. The number of carboxylic acids is 1. The number of piperidine rings is 1. The van der Waals surface area contributed by atoms with Crippen LogP contribution in [0.5, 0.6) is 0 Å². The van der Waals surface area contributed by atoms with E-state index in [0.29, 0.717) is 32.5 Å². The zero-order chi connectivity index (χ0) is 13.1. The third kappa shape index (κ3) is 2.72. The summed E-state index contributed by atoms with van der Waals surface area (Å²) >= 11 is 0. The highest BCUT2D eigenvalue weighted by molar-refractivity contribution is 5.85. The molecule has 2 aliphatic rings. The van der Waals surface area contributed by atoms with Crippen LogP contribution in [0.15, 0.2) is 0 Å². The van der Waals surface area contributed by atoms with Gasteiger partial charge in [0.05, 0.1) is 5.92 Å². The number of nitrogens with one attached hydrogen (secondary N) is 1. The Labute approximate surface area is 105 Å². The van der Waals surface area contributed by atoms with Crippen LogP contribution in [0.2, 0.25) is 0 Å². The van der Waals surface area contributed by atoms with Gasteiger partial charge in [-0.05, 0) is 12.8 Å². The summed E-state index contributed by atoms with van der Waals surface area (Å²) in [7, 11) is 0. The van der Waals surface area contributed by atoms with Crippen molar-refractivity contribution in [2.75, 3.05) is 32.7 Å². The second kappa shape index (κ2) is 5.24. The molecule has 1 atom stereocenters. The third-order valence-electron chi connectivity index (χ3n) is 3.35. The van der Waals surface area contributed by atoms with Crippen molar-refractivity contribution in [3.63, 3.8) is 0 Å². The van der Waals surface area contributed by atoms with Crippen LogP contribution in [0.25, 0.3) is 0 Å². The Kier molecular flexibility index (Phi) is 3.69. The molecule has 7 nitrogen and oxygen atoms in total. The Morgan fingerprint density at radius 3 is 2.72 bits per heavy atom. The molecule has 2 fully saturated rings. The van der Waals surface area contributed by atoms with Crippen molar-refractivity contribution in [1.29, 1.82) is 0 Å². The van der Waals surface area contributed by atoms with E-state index in [2.05, 4.69) is 5.32 Å². The summed E-state index contributed by atoms with van der Waals surface area (Å²) < 4.78 is 0. The fourth-order valence-corrected chi connectivity index (χ4v) is 2.35. The summed E-state index contributed by atoms with van der Waals surface area (Å²) in [6.07, 6.45) is 1.31. The topological polar surface area (TPSA) is 90.0 Å². The second-order valence-corrected chi connectivity index (χ2v) is 4.68. The molecule has 0 aromatic heterocycles. The van der Waals surface area contributed by atoms with Gasteiger partial charge < -0.3 is 20.2 Å². The second-order valence-electron chi connectivity index (χ2n) is 4.68. The van der Waals surface area contributed by atoms with E-state index < -0.39 is 11.9 Å². The zero-order valence-corrected chi connectivity index (χ0v) is 10.1. The summed E-state index contributed by atoms with van der Waals surface area (Å²) in [5.74, 6) is -1.51. The number of amides is 3. The van der Waals surface area contributed by atoms with E-state index >= 15 is 0 Å². The molecule has 2 heterocycles. The lowest BCUT2D eigenvalue weighted by Crippen LogP contribution is -2.55. The molecule has 0 aromatic carbocycles. The number of carbonyl (C=O) groups is 3. The van der Waals surface area contributed by atoms with Crippen molar-refractivity contribution in [2.45, 2.75) is 12.8 Å². The first-order valence-corrected chi connectivity index (χ1v) is 6.11. The number of piperazine rings is 1. The van der Waals surface area contributed by atoms with Crippen molar-refractivity contribution in [3.05, 3.63) is 0 Å². The summed E-state index contributed by atoms with van der Waals surface area (Å²) in [5, 5.41) is 11.6. The highest BCUT2D eigenvalue weighted by Crippen LogP contribution is 2.18. The molecule has 2 rings (SSSR count). The fourth-order valence-electron chi connectivity index (χ4n) is 2.35. The van der Waals surface area contributed by atoms with Crippen LogP contribution in [-0.4, -0.2) is 65.5 Å². The number of aliphatic carboxylic acids is 1. The molecular weight excluding hydrogens is 238 g/mol. The molecule has 2 aliphatic heterocycles. The first-order valence-electron chi connectivity index (χ1n) is 6.11. The molecule has 2 N–H and O–H groups in total. The van der Waals surface area contributed by atoms with E-state index in [1.165, 1.54) is 4.90 Å². The van der Waals surface area contributed by atoms with Crippen molar-refractivity contribution < 1.29 is 19.5 Å². The summed E-state index contributed by atoms with van der Waals surface area (Å²) in [6.45, 7) is 1.82. The lowest BCUT2D eigenvalue weighted by molar-refractivity contribution is -0.143. The normalized spacial score (nSPS) is 24.7. The molecule has 7 heteroatoms. The number of likely N-dealkylation sites (tertiary alicyclic amines) is 1. The Morgan fingerprint density at radius 2 is 2.06 bits per heavy atom. The number of carboxylic acid groups (broad SMARTS) is 1. The van der Waals surface area contributed by atoms with Crippen LogP contribution in [0, 0.1) is 5.92 Å². The van der Waals surface area contributed by atoms with Crippen molar-refractivity contribution in [1.82, 2.24) is 15.1 Å². The molecule has 100 valence electrons. The maximum Gasteiger partial charge on any atom is 0.320 e. The molecule has 0 saturated carbocycles. The molecule has 18 heavy (non-hydrogen) atoms. The smallest absolute Gasteiger partial charge is 0.320 e. The van der Waals surface area contributed by atoms with E-state index in [4.69, 9.17) is 5.11 Å². The molecule has 3 amide bonds. The minimum absolute atomic E-state index is 0.0626. The zero-order valence-electron chi connectivity index (χ0n) is 10.1. The van der Waals surface area contributed by atoms with E-state index in [1.54, 1.807) is 4.90 Å². The van der Waals surface area contributed by atoms with E-state index in [-0.39, 0.29) is 25.0 Å². The minimum Gasteiger partial charge on any atom is -0.481 e. The number of carbonyl (C=O) groups excluding carboxylic acids is 2. The molecule has 0 unspecified atom stereocenters. The van der Waals surface area contributed by atoms with Gasteiger partial charge in [0.1, 0.15) is 6.54 Å². The van der Waals surface area contributed by atoms with Gasteiger partial charge >= 0.3 is 12.0 Å². The number of hydrogen-bond acceptors (Lipinski definition) is 3. The Balaban J connectivity index is 1.95. The summed E-state index contributed by atoms with van der Waals surface area (Å²) in [4.78, 5) is 37.3. The minimum atomic E-state index is -0.858. The largest absolute Gasteiger partial charge is 0.481 e. The highest BCUT2D eigenvalue weighted by atomic mass is 16.4. The van der Waals surface area contributed by atoms with Crippen LogP contribution in [-0.2, 0) is 9.59 Å². The predicted octanol–water partition coefficient (Wildman–Crippen LogP) is -0.665. The van der Waals surface area contributed by atoms with Gasteiger partial charge in [0, 0.05) is 26.2 Å². The van der Waals surface area contributed by atoms with E-state index in [9.17, 15) is 14.4 Å². The van der Waals surface area contributed by atoms with Crippen LogP contribution in [0.1, 0.15) is 12.8 Å². The lowest BCUT2D eigenvalue weighted by Gasteiger charge is -2.36. The van der Waals surface area contributed by atoms with Gasteiger partial charge in [0.25, 0.3) is 0 Å². The fraction of sp³-hybridized carbons (Fsp3) is 0.727. The van der Waals surface area contributed by atoms with E-state index in [0.717, 1.165) is 0 Å². The van der Waals surface area contributed by atoms with Gasteiger partial charge in [-0.25, -0.2) is 4.79 Å². The Hall–Kier alpha value is -1.79. The highest BCUT2D eigenvalue weighted by Gasteiger charge is 2.31. The van der Waals surface area contributed by atoms with Crippen LogP contribution < -0.4 is 5.32 Å². The maximum absolute atomic E-state index is 12.1. The first kappa shape index (κ1) is 12.7. The average Bonchev–Trinajstić information content (AvgIpc) is 2.38. The van der Waals surface area contributed by atoms with Gasteiger partial charge in [-0.2, -0.15) is 0 Å². The molecule has 0 radical (unpaired) electrons. The van der Waals surface area contributed by atoms with Gasteiger partial charge in [-0.3, -0.25) is 9.59 Å². The molecule has 0 aromatic rings. The lowest BCUT2D eigenvalue weighted by atomic mass is 9.98. The van der Waals surface area contributed by atoms with Crippen molar-refractivity contribution in [2.24, 2.45) is 5.92 Å². The van der Waals surface area contributed by atoms with E-state index in [1.807, 2.05) is 0 Å². The number of rotatable bonds is 1. The molecular formula is C11H17N3O4. The number of nitrogens with zero attached hydrogens (tertiary/aromatic N) is 2. The third-order valence-corrected chi connectivity index (χ3v) is 3.35. The van der Waals surface area contributed by atoms with Gasteiger partial charge in [0.2, 0.25) is 5.91 Å². The number of urea groups is 1. The molecule has 2 saturated heterocycles. The standard InChI is InChI=1S/C11H17N3O4/c15-9-7-14(5-3-12-9)11(18)13-4-1-2-8(6-13)10(16)17/h8H,1-7H2,(H,12,15)(H,16,17)/t8-/m1/s1.